The highest BCUT2D eigenvalue weighted by Crippen LogP contribution is 2.47. The average molecular weight is 538 g/mol. The molecule has 7 aromatic carbocycles. The van der Waals surface area contributed by atoms with E-state index in [1.165, 1.54) is 60.5 Å². The number of hydrogen-bond acceptors (Lipinski definition) is 1. The second-order valence-electron chi connectivity index (χ2n) is 11.4. The van der Waals surface area contributed by atoms with Crippen LogP contribution in [-0.4, -0.2) is 0 Å². The van der Waals surface area contributed by atoms with Gasteiger partial charge in [-0.25, -0.2) is 0 Å². The zero-order valence-corrected chi connectivity index (χ0v) is 23.9. The molecule has 0 saturated carbocycles. The third kappa shape index (κ3) is 3.78. The molecule has 0 amide bonds. The Kier molecular flexibility index (Phi) is 5.72. The molecule has 0 aromatic heterocycles. The van der Waals surface area contributed by atoms with Crippen LogP contribution in [0.1, 0.15) is 29.5 Å². The minimum atomic E-state index is 0.181. The average Bonchev–Trinajstić information content (AvgIpc) is 3.05. The van der Waals surface area contributed by atoms with Gasteiger partial charge in [-0.05, 0) is 104 Å². The smallest absolute Gasteiger partial charge is 0.0465 e. The molecule has 0 aliphatic heterocycles. The van der Waals surface area contributed by atoms with Crippen LogP contribution in [0, 0.1) is 6.92 Å². The number of hydrogen-bond donors (Lipinski definition) is 0. The highest BCUT2D eigenvalue weighted by Gasteiger charge is 2.24. The lowest BCUT2D eigenvalue weighted by Crippen LogP contribution is -2.11. The van der Waals surface area contributed by atoms with Crippen LogP contribution in [0.15, 0.2) is 146 Å². The molecule has 200 valence electrons. The van der Waals surface area contributed by atoms with Crippen molar-refractivity contribution in [1.29, 1.82) is 0 Å². The second-order valence-corrected chi connectivity index (χ2v) is 11.4. The highest BCUT2D eigenvalue weighted by molar-refractivity contribution is 6.17. The number of benzene rings is 7. The Morgan fingerprint density at radius 3 is 1.74 bits per heavy atom. The monoisotopic (exact) mass is 537 g/mol. The summed E-state index contributed by atoms with van der Waals surface area (Å²) in [7, 11) is 0. The lowest BCUT2D eigenvalue weighted by Gasteiger charge is -2.29. The van der Waals surface area contributed by atoms with Crippen LogP contribution < -0.4 is 4.90 Å². The molecular weight excluding hydrogens is 506 g/mol. The van der Waals surface area contributed by atoms with Crippen LogP contribution >= 0.6 is 0 Å². The summed E-state index contributed by atoms with van der Waals surface area (Å²) in [4.78, 5) is 2.37. The molecule has 1 atom stereocenters. The molecule has 0 spiro atoms. The Labute approximate surface area is 247 Å². The predicted molar refractivity (Wildman–Crippen MR) is 179 cm³/mol. The van der Waals surface area contributed by atoms with Crippen molar-refractivity contribution in [2.24, 2.45) is 0 Å². The van der Waals surface area contributed by atoms with Crippen molar-refractivity contribution in [3.63, 3.8) is 0 Å². The molecular formula is C41H31N. The summed E-state index contributed by atoms with van der Waals surface area (Å²) in [6.07, 6.45) is 0. The van der Waals surface area contributed by atoms with Gasteiger partial charge >= 0.3 is 0 Å². The first-order valence-electron chi connectivity index (χ1n) is 14.8. The maximum Gasteiger partial charge on any atom is 0.0465 e. The van der Waals surface area contributed by atoms with Crippen LogP contribution in [0.25, 0.3) is 43.8 Å². The Morgan fingerprint density at radius 2 is 1.00 bits per heavy atom. The fourth-order valence-electron chi connectivity index (χ4n) is 7.07. The summed E-state index contributed by atoms with van der Waals surface area (Å²) in [5.74, 6) is 0.181. The summed E-state index contributed by atoms with van der Waals surface area (Å²) in [5.41, 5.74) is 12.7. The van der Waals surface area contributed by atoms with Gasteiger partial charge in [0.15, 0.2) is 0 Å². The fraction of sp³-hybridized carbons (Fsp3) is 0.0732. The number of fused-ring (bicyclic) bond motifs is 5. The fourth-order valence-corrected chi connectivity index (χ4v) is 7.07. The molecule has 1 unspecified atom stereocenters. The number of rotatable bonds is 3. The Hall–Kier alpha value is -5.14. The minimum Gasteiger partial charge on any atom is -0.310 e. The maximum absolute atomic E-state index is 2.43. The molecule has 1 aliphatic rings. The molecule has 8 rings (SSSR count). The molecule has 0 fully saturated rings. The van der Waals surface area contributed by atoms with Crippen molar-refractivity contribution in [3.8, 4) is 22.3 Å². The standard InChI is InChI=1S/C41H31N/c1-27-34-17-9-10-18-36(34)35-24-22-30-21-20-29-12-11-19-38(41(29)40(30)28(35)2)37-25-23-33(26-39(27)37)42(31-13-5-3-6-14-31)32-15-7-4-8-16-32/h3-27H,1-2H3. The van der Waals surface area contributed by atoms with Gasteiger partial charge in [0.2, 0.25) is 0 Å². The van der Waals surface area contributed by atoms with Gasteiger partial charge in [0.05, 0.1) is 0 Å². The summed E-state index contributed by atoms with van der Waals surface area (Å²) in [6, 6.07) is 53.4. The Balaban J connectivity index is 1.48. The van der Waals surface area contributed by atoms with E-state index >= 15 is 0 Å². The van der Waals surface area contributed by atoms with E-state index in [4.69, 9.17) is 0 Å². The topological polar surface area (TPSA) is 3.24 Å². The zero-order chi connectivity index (χ0) is 28.2. The zero-order valence-electron chi connectivity index (χ0n) is 23.9. The largest absolute Gasteiger partial charge is 0.310 e. The normalized spacial score (nSPS) is 13.7. The first kappa shape index (κ1) is 24.6. The quantitative estimate of drug-likeness (QED) is 0.203. The lowest BCUT2D eigenvalue weighted by atomic mass is 9.79. The third-order valence-electron chi connectivity index (χ3n) is 9.08. The van der Waals surface area contributed by atoms with Gasteiger partial charge < -0.3 is 4.90 Å². The molecule has 0 radical (unpaired) electrons. The first-order valence-corrected chi connectivity index (χ1v) is 14.8. The van der Waals surface area contributed by atoms with Gasteiger partial charge in [-0.15, -0.1) is 0 Å². The summed E-state index contributed by atoms with van der Waals surface area (Å²) >= 11 is 0. The first-order chi connectivity index (χ1) is 20.7. The number of aryl methyl sites for hydroxylation is 1. The van der Waals surface area contributed by atoms with E-state index in [1.807, 2.05) is 0 Å². The lowest BCUT2D eigenvalue weighted by molar-refractivity contribution is 0.926. The van der Waals surface area contributed by atoms with Gasteiger partial charge in [-0.1, -0.05) is 116 Å². The van der Waals surface area contributed by atoms with Gasteiger partial charge in [-0.2, -0.15) is 0 Å². The summed E-state index contributed by atoms with van der Waals surface area (Å²) in [5, 5.41) is 5.28. The second kappa shape index (κ2) is 9.75. The van der Waals surface area contributed by atoms with E-state index in [0.717, 1.165) is 17.1 Å². The molecule has 0 heterocycles. The molecule has 0 N–H and O–H groups in total. The molecule has 1 aliphatic carbocycles. The molecule has 42 heavy (non-hydrogen) atoms. The molecule has 2 bridgehead atoms. The number of anilines is 3. The Bertz CT molecular complexity index is 2070. The predicted octanol–water partition coefficient (Wildman–Crippen LogP) is 11.6. The summed E-state index contributed by atoms with van der Waals surface area (Å²) in [6.45, 7) is 4.68. The van der Waals surface area contributed by atoms with E-state index in [1.54, 1.807) is 0 Å². The van der Waals surface area contributed by atoms with Crippen molar-refractivity contribution in [3.05, 3.63) is 162 Å². The van der Waals surface area contributed by atoms with Gasteiger partial charge in [-0.3, -0.25) is 0 Å². The number of nitrogens with zero attached hydrogens (tertiary/aromatic N) is 1. The van der Waals surface area contributed by atoms with E-state index in [-0.39, 0.29) is 5.92 Å². The van der Waals surface area contributed by atoms with Crippen molar-refractivity contribution in [2.75, 3.05) is 4.90 Å². The van der Waals surface area contributed by atoms with E-state index in [2.05, 4.69) is 164 Å². The number of para-hydroxylation sites is 2. The van der Waals surface area contributed by atoms with Crippen LogP contribution in [0.5, 0.6) is 0 Å². The van der Waals surface area contributed by atoms with E-state index in [9.17, 15) is 0 Å². The maximum atomic E-state index is 2.43. The van der Waals surface area contributed by atoms with Crippen molar-refractivity contribution >= 4 is 38.6 Å². The molecule has 0 saturated heterocycles. The van der Waals surface area contributed by atoms with Crippen molar-refractivity contribution < 1.29 is 0 Å². The molecule has 1 nitrogen and oxygen atoms in total. The van der Waals surface area contributed by atoms with Gasteiger partial charge in [0.1, 0.15) is 0 Å². The van der Waals surface area contributed by atoms with E-state index in [0.29, 0.717) is 0 Å². The third-order valence-corrected chi connectivity index (χ3v) is 9.08. The Morgan fingerprint density at radius 1 is 0.429 bits per heavy atom. The van der Waals surface area contributed by atoms with Crippen molar-refractivity contribution in [2.45, 2.75) is 19.8 Å². The summed E-state index contributed by atoms with van der Waals surface area (Å²) < 4.78 is 0. The SMILES string of the molecule is Cc1c2ccc3ccc4cccc(c4c13)-c1ccc(N(c3ccccc3)c3ccccc3)cc1C(C)c1ccccc1-2. The van der Waals surface area contributed by atoms with Crippen LogP contribution in [0.3, 0.4) is 0 Å². The van der Waals surface area contributed by atoms with Crippen LogP contribution in [0.4, 0.5) is 17.1 Å². The van der Waals surface area contributed by atoms with E-state index < -0.39 is 0 Å². The minimum absolute atomic E-state index is 0.181. The van der Waals surface area contributed by atoms with Gasteiger partial charge in [0, 0.05) is 23.0 Å². The van der Waals surface area contributed by atoms with Crippen molar-refractivity contribution in [1.82, 2.24) is 0 Å². The van der Waals surface area contributed by atoms with Crippen LogP contribution in [0.2, 0.25) is 0 Å². The molecule has 7 aromatic rings. The van der Waals surface area contributed by atoms with Gasteiger partial charge in [0.25, 0.3) is 0 Å². The molecule has 1 heteroatoms. The highest BCUT2D eigenvalue weighted by atomic mass is 15.1. The van der Waals surface area contributed by atoms with Crippen LogP contribution in [-0.2, 0) is 0 Å².